The van der Waals surface area contributed by atoms with Crippen molar-refractivity contribution in [2.45, 2.75) is 18.7 Å². The number of amides is 1. The first-order chi connectivity index (χ1) is 12.8. The Labute approximate surface area is 159 Å². The van der Waals surface area contributed by atoms with Crippen molar-refractivity contribution in [2.24, 2.45) is 0 Å². The van der Waals surface area contributed by atoms with E-state index in [9.17, 15) is 13.2 Å². The van der Waals surface area contributed by atoms with Gasteiger partial charge >= 0.3 is 0 Å². The van der Waals surface area contributed by atoms with Crippen LogP contribution in [0, 0.1) is 13.8 Å². The van der Waals surface area contributed by atoms with Gasteiger partial charge < -0.3 is 5.32 Å². The summed E-state index contributed by atoms with van der Waals surface area (Å²) in [5.41, 5.74) is 3.24. The molecular weight excluding hydrogens is 360 g/mol. The lowest BCUT2D eigenvalue weighted by atomic mass is 10.1. The van der Waals surface area contributed by atoms with Gasteiger partial charge in [0.1, 0.15) is 0 Å². The lowest BCUT2D eigenvalue weighted by Gasteiger charge is -2.12. The van der Waals surface area contributed by atoms with Crippen LogP contribution in [0.5, 0.6) is 0 Å². The summed E-state index contributed by atoms with van der Waals surface area (Å²) in [4.78, 5) is 12.4. The Bertz CT molecular complexity index is 1080. The normalized spacial score (nSPS) is 11.0. The Morgan fingerprint density at radius 2 is 1.59 bits per heavy atom. The highest BCUT2D eigenvalue weighted by Crippen LogP contribution is 2.23. The van der Waals surface area contributed by atoms with Crippen LogP contribution in [0.15, 0.2) is 77.7 Å². The van der Waals surface area contributed by atoms with Gasteiger partial charge in [-0.25, -0.2) is 8.42 Å². The standard InChI is InChI=1S/C21H20N2O3S/c1-15-7-6-10-18(13-15)23-27(25,26)19-11-12-20(16(2)14-19)22-21(24)17-8-4-3-5-9-17/h3-14,23H,1-2H3,(H,22,24). The third-order valence-electron chi connectivity index (χ3n) is 4.06. The summed E-state index contributed by atoms with van der Waals surface area (Å²) in [6, 6.07) is 20.6. The molecule has 138 valence electrons. The molecular formula is C21H20N2O3S. The molecule has 0 aliphatic rings. The number of anilines is 2. The number of nitrogens with one attached hydrogen (secondary N) is 2. The molecule has 3 rings (SSSR count). The molecule has 0 spiro atoms. The number of benzene rings is 3. The third kappa shape index (κ3) is 4.54. The number of hydrogen-bond donors (Lipinski definition) is 2. The second-order valence-corrected chi connectivity index (χ2v) is 7.95. The Kier molecular flexibility index (Phi) is 5.28. The molecule has 0 aliphatic carbocycles. The largest absolute Gasteiger partial charge is 0.322 e. The molecule has 0 aliphatic heterocycles. The van der Waals surface area contributed by atoms with Gasteiger partial charge in [-0.3, -0.25) is 9.52 Å². The SMILES string of the molecule is Cc1cccc(NS(=O)(=O)c2ccc(NC(=O)c3ccccc3)c(C)c2)c1. The zero-order valence-corrected chi connectivity index (χ0v) is 15.9. The van der Waals surface area contributed by atoms with Gasteiger partial charge in [0.05, 0.1) is 4.90 Å². The van der Waals surface area contributed by atoms with E-state index in [1.54, 1.807) is 61.5 Å². The second-order valence-electron chi connectivity index (χ2n) is 6.27. The number of aryl methyl sites for hydroxylation is 2. The van der Waals surface area contributed by atoms with Crippen LogP contribution in [-0.2, 0) is 10.0 Å². The van der Waals surface area contributed by atoms with Crippen LogP contribution in [-0.4, -0.2) is 14.3 Å². The smallest absolute Gasteiger partial charge is 0.261 e. The van der Waals surface area contributed by atoms with E-state index in [4.69, 9.17) is 0 Å². The van der Waals surface area contributed by atoms with Crippen molar-refractivity contribution in [3.63, 3.8) is 0 Å². The summed E-state index contributed by atoms with van der Waals surface area (Å²) in [5, 5.41) is 2.81. The van der Waals surface area contributed by atoms with Gasteiger partial charge in [-0.05, 0) is 67.4 Å². The third-order valence-corrected chi connectivity index (χ3v) is 5.44. The average molecular weight is 380 g/mol. The van der Waals surface area contributed by atoms with Crippen molar-refractivity contribution in [3.05, 3.63) is 89.5 Å². The summed E-state index contributed by atoms with van der Waals surface area (Å²) < 4.78 is 27.8. The van der Waals surface area contributed by atoms with Crippen molar-refractivity contribution in [1.29, 1.82) is 0 Å². The van der Waals surface area contributed by atoms with Crippen molar-refractivity contribution < 1.29 is 13.2 Å². The molecule has 0 unspecified atom stereocenters. The quantitative estimate of drug-likeness (QED) is 0.691. The number of carbonyl (C=O) groups is 1. The fraction of sp³-hybridized carbons (Fsp3) is 0.0952. The van der Waals surface area contributed by atoms with Crippen molar-refractivity contribution in [2.75, 3.05) is 10.0 Å². The number of hydrogen-bond acceptors (Lipinski definition) is 3. The van der Waals surface area contributed by atoms with Crippen LogP contribution in [0.4, 0.5) is 11.4 Å². The minimum Gasteiger partial charge on any atom is -0.322 e. The summed E-state index contributed by atoms with van der Waals surface area (Å²) >= 11 is 0. The minimum atomic E-state index is -3.71. The molecule has 0 fully saturated rings. The van der Waals surface area contributed by atoms with Gasteiger partial charge in [0.25, 0.3) is 15.9 Å². The van der Waals surface area contributed by atoms with E-state index in [0.717, 1.165) is 5.56 Å². The van der Waals surface area contributed by atoms with Gasteiger partial charge in [0.15, 0.2) is 0 Å². The van der Waals surface area contributed by atoms with Gasteiger partial charge in [-0.1, -0.05) is 30.3 Å². The number of sulfonamides is 1. The van der Waals surface area contributed by atoms with Crippen LogP contribution in [0.1, 0.15) is 21.5 Å². The molecule has 0 atom stereocenters. The van der Waals surface area contributed by atoms with E-state index in [2.05, 4.69) is 10.0 Å². The molecule has 0 saturated carbocycles. The molecule has 3 aromatic rings. The Hall–Kier alpha value is -3.12. The molecule has 3 aromatic carbocycles. The van der Waals surface area contributed by atoms with Gasteiger partial charge in [0.2, 0.25) is 0 Å². The van der Waals surface area contributed by atoms with E-state index in [-0.39, 0.29) is 10.8 Å². The lowest BCUT2D eigenvalue weighted by molar-refractivity contribution is 0.102. The molecule has 0 bridgehead atoms. The Balaban J connectivity index is 1.80. The first-order valence-electron chi connectivity index (χ1n) is 8.42. The van der Waals surface area contributed by atoms with Crippen molar-refractivity contribution >= 4 is 27.3 Å². The monoisotopic (exact) mass is 380 g/mol. The van der Waals surface area contributed by atoms with Crippen LogP contribution >= 0.6 is 0 Å². The fourth-order valence-electron chi connectivity index (χ4n) is 2.65. The van der Waals surface area contributed by atoms with Crippen LogP contribution < -0.4 is 10.0 Å². The molecule has 1 amide bonds. The maximum atomic E-state index is 12.6. The number of carbonyl (C=O) groups excluding carboxylic acids is 1. The topological polar surface area (TPSA) is 75.3 Å². The fourth-order valence-corrected chi connectivity index (χ4v) is 3.78. The predicted octanol–water partition coefficient (Wildman–Crippen LogP) is 4.36. The zero-order chi connectivity index (χ0) is 19.4. The van der Waals surface area contributed by atoms with Crippen LogP contribution in [0.2, 0.25) is 0 Å². The van der Waals surface area contributed by atoms with Crippen LogP contribution in [0.3, 0.4) is 0 Å². The molecule has 5 nitrogen and oxygen atoms in total. The van der Waals surface area contributed by atoms with Crippen LogP contribution in [0.25, 0.3) is 0 Å². The highest BCUT2D eigenvalue weighted by Gasteiger charge is 2.16. The maximum Gasteiger partial charge on any atom is 0.261 e. The molecule has 0 aromatic heterocycles. The summed E-state index contributed by atoms with van der Waals surface area (Å²) in [6.45, 7) is 3.65. The molecule has 2 N–H and O–H groups in total. The molecule has 0 heterocycles. The summed E-state index contributed by atoms with van der Waals surface area (Å²) in [6.07, 6.45) is 0. The van der Waals surface area contributed by atoms with Crippen molar-refractivity contribution in [1.82, 2.24) is 0 Å². The zero-order valence-electron chi connectivity index (χ0n) is 15.1. The van der Waals surface area contributed by atoms with Gasteiger partial charge in [0, 0.05) is 16.9 Å². The Morgan fingerprint density at radius 1 is 0.852 bits per heavy atom. The van der Waals surface area contributed by atoms with E-state index in [0.29, 0.717) is 22.5 Å². The van der Waals surface area contributed by atoms with Crippen molar-refractivity contribution in [3.8, 4) is 0 Å². The van der Waals surface area contributed by atoms with Gasteiger partial charge in [-0.15, -0.1) is 0 Å². The lowest BCUT2D eigenvalue weighted by Crippen LogP contribution is -2.15. The average Bonchev–Trinajstić information content (AvgIpc) is 2.63. The predicted molar refractivity (Wildman–Crippen MR) is 108 cm³/mol. The number of rotatable bonds is 5. The van der Waals surface area contributed by atoms with Gasteiger partial charge in [-0.2, -0.15) is 0 Å². The van der Waals surface area contributed by atoms with E-state index < -0.39 is 10.0 Å². The Morgan fingerprint density at radius 3 is 2.26 bits per heavy atom. The molecule has 0 saturated heterocycles. The highest BCUT2D eigenvalue weighted by atomic mass is 32.2. The van der Waals surface area contributed by atoms with E-state index in [1.807, 2.05) is 19.1 Å². The minimum absolute atomic E-state index is 0.138. The molecule has 6 heteroatoms. The first-order valence-corrected chi connectivity index (χ1v) is 9.90. The maximum absolute atomic E-state index is 12.6. The highest BCUT2D eigenvalue weighted by molar-refractivity contribution is 7.92. The summed E-state index contributed by atoms with van der Waals surface area (Å²) in [7, 11) is -3.71. The van der Waals surface area contributed by atoms with E-state index >= 15 is 0 Å². The van der Waals surface area contributed by atoms with E-state index in [1.165, 1.54) is 6.07 Å². The first kappa shape index (κ1) is 18.7. The molecule has 27 heavy (non-hydrogen) atoms. The summed E-state index contributed by atoms with van der Waals surface area (Å²) in [5.74, 6) is -0.243. The second kappa shape index (κ2) is 7.63. The molecule has 0 radical (unpaired) electrons.